The molecular formula is C12H24FN5. The quantitative estimate of drug-likeness (QED) is 0.736. The van der Waals surface area contributed by atoms with Gasteiger partial charge in [0.1, 0.15) is 5.52 Å². The van der Waals surface area contributed by atoms with Crippen molar-refractivity contribution in [3.8, 4) is 0 Å². The Morgan fingerprint density at radius 1 is 1.06 bits per heavy atom. The van der Waals surface area contributed by atoms with Gasteiger partial charge in [0, 0.05) is 7.05 Å². The van der Waals surface area contributed by atoms with Crippen LogP contribution in [0.25, 0.3) is 11.2 Å². The van der Waals surface area contributed by atoms with E-state index in [-0.39, 0.29) is 5.82 Å². The van der Waals surface area contributed by atoms with Gasteiger partial charge in [0.05, 0.1) is 6.33 Å². The Morgan fingerprint density at radius 2 is 1.56 bits per heavy atom. The van der Waals surface area contributed by atoms with Gasteiger partial charge < -0.3 is 10.3 Å². The highest BCUT2D eigenvalue weighted by molar-refractivity contribution is 5.80. The third-order valence-corrected chi connectivity index (χ3v) is 1.56. The first-order valence-corrected chi connectivity index (χ1v) is 6.28. The molecule has 0 spiro atoms. The first-order chi connectivity index (χ1) is 8.68. The Labute approximate surface area is 108 Å². The summed E-state index contributed by atoms with van der Waals surface area (Å²) in [5.41, 5.74) is 6.24. The van der Waals surface area contributed by atoms with E-state index < -0.39 is 6.08 Å². The summed E-state index contributed by atoms with van der Waals surface area (Å²) in [5, 5.41) is 0. The van der Waals surface area contributed by atoms with Crippen molar-refractivity contribution in [2.24, 2.45) is 7.05 Å². The molecule has 5 nitrogen and oxygen atoms in total. The second-order valence-electron chi connectivity index (χ2n) is 2.41. The van der Waals surface area contributed by atoms with Gasteiger partial charge in [0.25, 0.3) is 0 Å². The maximum atomic E-state index is 12.6. The molecule has 2 heterocycles. The van der Waals surface area contributed by atoms with Gasteiger partial charge in [-0.2, -0.15) is 14.4 Å². The van der Waals surface area contributed by atoms with Gasteiger partial charge in [-0.15, -0.1) is 0 Å². The van der Waals surface area contributed by atoms with Crippen LogP contribution in [0.15, 0.2) is 6.33 Å². The second kappa shape index (κ2) is 10.4. The van der Waals surface area contributed by atoms with Gasteiger partial charge >= 0.3 is 6.08 Å². The average molecular weight is 257 g/mol. The van der Waals surface area contributed by atoms with Gasteiger partial charge in [-0.1, -0.05) is 41.5 Å². The molecule has 2 aromatic heterocycles. The molecule has 0 fully saturated rings. The number of aryl methyl sites for hydroxylation is 1. The fraction of sp³-hybridized carbons (Fsp3) is 0.583. The minimum absolute atomic E-state index is 0.0677. The highest BCUT2D eigenvalue weighted by Gasteiger charge is 2.08. The highest BCUT2D eigenvalue weighted by Crippen LogP contribution is 2.13. The molecule has 0 saturated carbocycles. The van der Waals surface area contributed by atoms with Crippen molar-refractivity contribution in [2.75, 3.05) is 5.73 Å². The van der Waals surface area contributed by atoms with Crippen LogP contribution in [0.5, 0.6) is 0 Å². The smallest absolute Gasteiger partial charge is 0.312 e. The summed E-state index contributed by atoms with van der Waals surface area (Å²) >= 11 is 0. The number of nitrogen functional groups attached to an aromatic ring is 1. The van der Waals surface area contributed by atoms with Gasteiger partial charge in [-0.3, -0.25) is 0 Å². The van der Waals surface area contributed by atoms with Crippen LogP contribution >= 0.6 is 0 Å². The molecular weight excluding hydrogens is 233 g/mol. The first kappa shape index (κ1) is 18.6. The number of aromatic nitrogens is 4. The van der Waals surface area contributed by atoms with Gasteiger partial charge in [0.2, 0.25) is 0 Å². The molecule has 0 saturated heterocycles. The highest BCUT2D eigenvalue weighted by atomic mass is 19.1. The van der Waals surface area contributed by atoms with Crippen molar-refractivity contribution in [3.05, 3.63) is 12.4 Å². The SMILES string of the molecule is CC.CC.CC.Cn1cnc2c(N)nc(F)nc21. The number of hydrogen-bond acceptors (Lipinski definition) is 4. The zero-order valence-corrected chi connectivity index (χ0v) is 12.3. The zero-order valence-electron chi connectivity index (χ0n) is 12.3. The first-order valence-electron chi connectivity index (χ1n) is 6.28. The van der Waals surface area contributed by atoms with Crippen molar-refractivity contribution >= 4 is 17.0 Å². The van der Waals surface area contributed by atoms with Crippen molar-refractivity contribution < 1.29 is 4.39 Å². The largest absolute Gasteiger partial charge is 0.382 e. The van der Waals surface area contributed by atoms with E-state index in [2.05, 4.69) is 15.0 Å². The molecule has 0 aromatic carbocycles. The average Bonchev–Trinajstić information content (AvgIpc) is 2.79. The third-order valence-electron chi connectivity index (χ3n) is 1.56. The van der Waals surface area contributed by atoms with Crippen molar-refractivity contribution in [1.82, 2.24) is 19.5 Å². The molecule has 0 atom stereocenters. The summed E-state index contributed by atoms with van der Waals surface area (Å²) in [6.45, 7) is 12.0. The van der Waals surface area contributed by atoms with Crippen molar-refractivity contribution in [2.45, 2.75) is 41.5 Å². The summed E-state index contributed by atoms with van der Waals surface area (Å²) in [5.74, 6) is 0.0677. The molecule has 0 aliphatic heterocycles. The number of halogens is 1. The van der Waals surface area contributed by atoms with E-state index in [0.29, 0.717) is 11.2 Å². The van der Waals surface area contributed by atoms with Crippen LogP contribution in [0.3, 0.4) is 0 Å². The molecule has 0 radical (unpaired) electrons. The van der Waals surface area contributed by atoms with E-state index in [4.69, 9.17) is 5.73 Å². The molecule has 6 heteroatoms. The Balaban J connectivity index is 0. The number of nitrogens with two attached hydrogens (primary N) is 1. The van der Waals surface area contributed by atoms with Gasteiger partial charge in [-0.05, 0) is 0 Å². The van der Waals surface area contributed by atoms with Crippen LogP contribution in [0.2, 0.25) is 0 Å². The Kier molecular flexibility index (Phi) is 10.8. The molecule has 2 aromatic rings. The lowest BCUT2D eigenvalue weighted by molar-refractivity contribution is 0.544. The van der Waals surface area contributed by atoms with Crippen LogP contribution in [-0.2, 0) is 7.05 Å². The minimum Gasteiger partial charge on any atom is -0.382 e. The lowest BCUT2D eigenvalue weighted by atomic mass is 10.5. The summed E-state index contributed by atoms with van der Waals surface area (Å²) < 4.78 is 14.2. The van der Waals surface area contributed by atoms with E-state index in [0.717, 1.165) is 0 Å². The standard InChI is InChI=1S/C6H6FN5.3C2H6/c1-12-2-9-3-4(8)10-6(7)11-5(3)12;3*1-2/h2H,1H3,(H2,8,10,11);3*1-2H3. The predicted octanol–water partition coefficient (Wildman–Crippen LogP) is 3.16. The van der Waals surface area contributed by atoms with E-state index in [1.807, 2.05) is 41.5 Å². The van der Waals surface area contributed by atoms with Gasteiger partial charge in [-0.25, -0.2) is 4.98 Å². The van der Waals surface area contributed by atoms with Crippen LogP contribution in [0.4, 0.5) is 10.2 Å². The number of imidazole rings is 1. The maximum Gasteiger partial charge on any atom is 0.312 e. The minimum atomic E-state index is -0.830. The Hall–Kier alpha value is -1.72. The summed E-state index contributed by atoms with van der Waals surface area (Å²) in [6, 6.07) is 0. The second-order valence-corrected chi connectivity index (χ2v) is 2.41. The van der Waals surface area contributed by atoms with E-state index in [1.165, 1.54) is 6.33 Å². The van der Waals surface area contributed by atoms with E-state index in [9.17, 15) is 4.39 Å². The van der Waals surface area contributed by atoms with Crippen LogP contribution < -0.4 is 5.73 Å². The molecule has 18 heavy (non-hydrogen) atoms. The Bertz CT molecular complexity index is 439. The summed E-state index contributed by atoms with van der Waals surface area (Å²) in [6.07, 6.45) is 0.679. The topological polar surface area (TPSA) is 69.6 Å². The fourth-order valence-corrected chi connectivity index (χ4v) is 1.00. The van der Waals surface area contributed by atoms with Crippen LogP contribution in [0, 0.1) is 6.08 Å². The number of fused-ring (bicyclic) bond motifs is 1. The van der Waals surface area contributed by atoms with Crippen LogP contribution in [0.1, 0.15) is 41.5 Å². The summed E-state index contributed by atoms with van der Waals surface area (Å²) in [4.78, 5) is 10.8. The fourth-order valence-electron chi connectivity index (χ4n) is 1.00. The molecule has 2 N–H and O–H groups in total. The number of rotatable bonds is 0. The molecule has 0 aliphatic carbocycles. The van der Waals surface area contributed by atoms with Crippen LogP contribution in [-0.4, -0.2) is 19.5 Å². The molecule has 0 bridgehead atoms. The summed E-state index contributed by atoms with van der Waals surface area (Å²) in [7, 11) is 1.71. The predicted molar refractivity (Wildman–Crippen MR) is 74.7 cm³/mol. The molecule has 0 aliphatic rings. The monoisotopic (exact) mass is 257 g/mol. The maximum absolute atomic E-state index is 12.6. The molecule has 0 unspecified atom stereocenters. The lowest BCUT2D eigenvalue weighted by Crippen LogP contribution is -1.99. The van der Waals surface area contributed by atoms with Crippen molar-refractivity contribution in [3.63, 3.8) is 0 Å². The number of hydrogen-bond donors (Lipinski definition) is 1. The molecule has 104 valence electrons. The third kappa shape index (κ3) is 4.65. The molecule has 0 amide bonds. The van der Waals surface area contributed by atoms with E-state index >= 15 is 0 Å². The normalized spacial score (nSPS) is 8.22. The molecule has 2 rings (SSSR count). The van der Waals surface area contributed by atoms with Gasteiger partial charge in [0.15, 0.2) is 11.5 Å². The number of anilines is 1. The zero-order chi connectivity index (χ0) is 14.7. The van der Waals surface area contributed by atoms with E-state index in [1.54, 1.807) is 11.6 Å². The Morgan fingerprint density at radius 3 is 2.06 bits per heavy atom. The lowest BCUT2D eigenvalue weighted by Gasteiger charge is -1.94. The number of nitrogens with zero attached hydrogens (tertiary/aromatic N) is 4. The van der Waals surface area contributed by atoms with Crippen molar-refractivity contribution in [1.29, 1.82) is 0 Å².